The van der Waals surface area contributed by atoms with Crippen molar-refractivity contribution >= 4 is 55.6 Å². The Morgan fingerprint density at radius 2 is 0.586 bits per heavy atom. The molecule has 70 heavy (non-hydrogen) atoms. The molecule has 0 aliphatic carbocycles. The molecule has 22 N–H and O–H groups in total. The van der Waals surface area contributed by atoms with Crippen LogP contribution in [0, 0.1) is 0 Å². The zero-order chi connectivity index (χ0) is 33.3. The summed E-state index contributed by atoms with van der Waals surface area (Å²) in [6.07, 6.45) is 9.63. The number of carboxylic acids is 2. The molecular weight excluding hydrogens is 1200 g/mol. The molecular formula is C34H52Cu2N8O22V4-20. The van der Waals surface area contributed by atoms with Gasteiger partial charge in [0.25, 0.3) is 0 Å². The minimum Gasteiger partial charge on any atom is -2.00 e. The first kappa shape index (κ1) is 144. The molecule has 422 valence electrons. The van der Waals surface area contributed by atoms with E-state index < -0.39 is 24.0 Å². The molecule has 6 radical (unpaired) electrons. The molecule has 6 rings (SSSR count). The summed E-state index contributed by atoms with van der Waals surface area (Å²) in [5, 5.41) is 24.4. The molecule has 0 amide bonds. The Balaban J connectivity index is -0.0000000200. The molecule has 0 aliphatic heterocycles. The molecule has 0 aliphatic rings. The summed E-state index contributed by atoms with van der Waals surface area (Å²) in [5.74, 6) is -2.35. The van der Waals surface area contributed by atoms with Crippen LogP contribution in [0.4, 0.5) is 0 Å². The Labute approximate surface area is 470 Å². The number of carbonyl (C=O) groups excluding carboxylic acids is 2. The van der Waals surface area contributed by atoms with Crippen LogP contribution in [-0.2, 0) is 184 Å². The van der Waals surface area contributed by atoms with Crippen molar-refractivity contribution in [3.05, 3.63) is 97.6 Å². The van der Waals surface area contributed by atoms with Crippen LogP contribution in [0.5, 0.6) is 0 Å². The van der Waals surface area contributed by atoms with E-state index in [1.807, 2.05) is 24.3 Å². The summed E-state index contributed by atoms with van der Waals surface area (Å²) in [6.45, 7) is 1.45. The van der Waals surface area contributed by atoms with Gasteiger partial charge in [-0.2, -0.15) is 0 Å². The van der Waals surface area contributed by atoms with Crippen molar-refractivity contribution in [2.75, 3.05) is 13.1 Å². The van der Waals surface area contributed by atoms with E-state index >= 15 is 0 Å². The maximum Gasteiger partial charge on any atom is 2.00 e. The number of carbonyl (C=O) groups is 2. The second-order valence-corrected chi connectivity index (χ2v) is 10.3. The van der Waals surface area contributed by atoms with Crippen LogP contribution in [-0.4, -0.2) is 89.9 Å². The minimum atomic E-state index is -1.18. The number of aromatic nitrogens is 4. The van der Waals surface area contributed by atoms with E-state index in [1.165, 1.54) is 0 Å². The van der Waals surface area contributed by atoms with Gasteiger partial charge in [-0.25, -0.2) is 0 Å². The van der Waals surface area contributed by atoms with E-state index in [1.54, 1.807) is 24.8 Å². The molecule has 0 saturated heterocycles. The number of rotatable bonds is 8. The van der Waals surface area contributed by atoms with Crippen molar-refractivity contribution in [3.8, 4) is 0 Å². The third kappa shape index (κ3) is 47.8. The Morgan fingerprint density at radius 1 is 0.414 bits per heavy atom. The largest absolute Gasteiger partial charge is 2.00 e. The van der Waals surface area contributed by atoms with Gasteiger partial charge in [0.05, 0.1) is 47.1 Å². The summed E-state index contributed by atoms with van der Waals surface area (Å²) in [6, 6.07) is 22.7. The second kappa shape index (κ2) is 80.6. The van der Waals surface area contributed by atoms with Gasteiger partial charge in [-0.1, -0.05) is 48.5 Å². The fourth-order valence-corrected chi connectivity index (χ4v) is 4.32. The Hall–Kier alpha value is -2.48. The van der Waals surface area contributed by atoms with E-state index in [0.717, 1.165) is 69.5 Å². The minimum absolute atomic E-state index is 0. The quantitative estimate of drug-likeness (QED) is 0.0825. The smallest absolute Gasteiger partial charge is 2.00 e. The van der Waals surface area contributed by atoms with E-state index in [2.05, 4.69) is 79.9 Å². The Kier molecular flexibility index (Phi) is 166. The van der Waals surface area contributed by atoms with E-state index in [4.69, 9.17) is 11.5 Å². The maximum absolute atomic E-state index is 9.95. The van der Waals surface area contributed by atoms with Crippen molar-refractivity contribution in [3.63, 3.8) is 0 Å². The molecule has 30 nitrogen and oxygen atoms in total. The number of benzene rings is 2. The number of carboxylic acid groups (broad SMARTS) is 2. The number of aliphatic carboxylic acids is 2. The van der Waals surface area contributed by atoms with Crippen LogP contribution in [0.2, 0.25) is 0 Å². The molecule has 0 saturated carbocycles. The first-order valence-electron chi connectivity index (χ1n) is 14.9. The predicted molar refractivity (Wildman–Crippen MR) is 204 cm³/mol. The van der Waals surface area contributed by atoms with Crippen LogP contribution >= 0.6 is 0 Å². The zero-order valence-electron chi connectivity index (χ0n) is 35.9. The van der Waals surface area contributed by atoms with E-state index in [9.17, 15) is 19.8 Å². The van der Waals surface area contributed by atoms with Crippen LogP contribution < -0.4 is 33.1 Å². The van der Waals surface area contributed by atoms with Crippen LogP contribution in [0.3, 0.4) is 0 Å². The average Bonchev–Trinajstić information content (AvgIpc) is 3.10. The molecule has 4 heterocycles. The Morgan fingerprint density at radius 3 is 0.729 bits per heavy atom. The molecule has 2 aromatic carbocycles. The molecule has 36 heteroatoms. The number of nitrogens with two attached hydrogens (primary N) is 2. The fraction of sp³-hybridized carbons (Fsp3) is 0.235. The SMILES string of the molecule is N[C@@H](CCC[NH3+])C(=O)[O-].N[C@H](CCC[NH3+])C(=O)[O-].O.O.O.O.O.O.[Cu+2].[Cu+2].[O-2].[O-2].[O-2].[O-2].[O-2].[O-2].[O-2].[O-2].[O-2].[O-2].[O-2].[O-2].[V].[V].[V].[V].c1cnc2c(c1)ccc1cccnc12.c1cnc2c(c1)ccc1cccnc12. The van der Waals surface area contributed by atoms with Gasteiger partial charge < -0.3 is 141 Å². The summed E-state index contributed by atoms with van der Waals surface area (Å²) < 4.78 is 0. The van der Waals surface area contributed by atoms with Gasteiger partial charge >= 0.3 is 34.1 Å². The molecule has 0 unspecified atom stereocenters. The van der Waals surface area contributed by atoms with Gasteiger partial charge in [-0.3, -0.25) is 19.9 Å². The average molecular weight is 1260 g/mol. The third-order valence-electron chi connectivity index (χ3n) is 6.82. The standard InChI is InChI=1S/2C12H8N2.2C5H12N2O2.2Cu.6H2O.12O.4V/c2*1-3-9-5-6-10-4-2-8-14-12(10)11(9)13-7-1;2*6-3-1-2-4(7)5(8)9;;;;;;;;;;;;;;;;;;;;;;;;/h2*1-8H;2*4H,1-3,6-7H2,(H,8,9);;;6*1H2;;;;;;;;;;;;;;;;/q;;;;2*+2;;;;;;;12*-2;;;;/t;;2*4-;;;;;;;;;;;;;;;;;;;;;;;;/m..10......................../s1. The number of pyridine rings is 4. The van der Waals surface area contributed by atoms with E-state index in [0.29, 0.717) is 12.8 Å². The number of nitrogens with zero attached hydrogens (tertiary/aromatic N) is 4. The van der Waals surface area contributed by atoms with Crippen LogP contribution in [0.25, 0.3) is 43.6 Å². The van der Waals surface area contributed by atoms with Gasteiger partial charge in [0, 0.05) is 133 Å². The van der Waals surface area contributed by atoms with Crippen LogP contribution in [0.15, 0.2) is 97.6 Å². The fourth-order valence-electron chi connectivity index (χ4n) is 4.32. The monoisotopic (exact) mass is 1250 g/mol. The topological polar surface area (TPSA) is 770 Å². The summed E-state index contributed by atoms with van der Waals surface area (Å²) >= 11 is 0. The van der Waals surface area contributed by atoms with Crippen molar-refractivity contribution < 1.29 is 238 Å². The number of fused-ring (bicyclic) bond motifs is 6. The maximum atomic E-state index is 9.95. The number of hydrogen-bond acceptors (Lipinski definition) is 10. The summed E-state index contributed by atoms with van der Waals surface area (Å²) in [7, 11) is 0. The molecule has 0 fully saturated rings. The van der Waals surface area contributed by atoms with Crippen molar-refractivity contribution in [1.29, 1.82) is 0 Å². The Bertz CT molecular complexity index is 1680. The summed E-state index contributed by atoms with van der Waals surface area (Å²) in [4.78, 5) is 37.3. The van der Waals surface area contributed by atoms with Gasteiger partial charge in [0.2, 0.25) is 0 Å². The first-order valence-corrected chi connectivity index (χ1v) is 14.9. The van der Waals surface area contributed by atoms with Gasteiger partial charge in [-0.05, 0) is 49.9 Å². The molecule has 6 aromatic rings. The molecule has 4 aromatic heterocycles. The predicted octanol–water partition coefficient (Wildman–Crippen LogP) is -6.65. The first-order chi connectivity index (χ1) is 22.3. The molecule has 0 bridgehead atoms. The molecule has 2 atom stereocenters. The van der Waals surface area contributed by atoms with Crippen molar-refractivity contribution in [2.24, 2.45) is 11.5 Å². The summed E-state index contributed by atoms with van der Waals surface area (Å²) in [5.41, 5.74) is 21.2. The van der Waals surface area contributed by atoms with E-state index in [-0.39, 0.29) is 207 Å². The van der Waals surface area contributed by atoms with Crippen molar-refractivity contribution in [2.45, 2.75) is 37.8 Å². The van der Waals surface area contributed by atoms with Gasteiger partial charge in [0.15, 0.2) is 0 Å². The van der Waals surface area contributed by atoms with Gasteiger partial charge in [-0.15, -0.1) is 0 Å². The number of hydrogen-bond donors (Lipinski definition) is 4. The number of quaternary nitrogens is 2. The third-order valence-corrected chi connectivity index (χ3v) is 6.82. The second-order valence-electron chi connectivity index (χ2n) is 10.3. The zero-order valence-corrected chi connectivity index (χ0v) is 43.4. The normalized spacial score (nSPS) is 7.71. The van der Waals surface area contributed by atoms with Crippen molar-refractivity contribution in [1.82, 2.24) is 19.9 Å². The van der Waals surface area contributed by atoms with Crippen LogP contribution in [0.1, 0.15) is 25.7 Å². The molecule has 0 spiro atoms. The van der Waals surface area contributed by atoms with Gasteiger partial charge in [0.1, 0.15) is 0 Å².